The average molecular weight is 302 g/mol. The Morgan fingerprint density at radius 3 is 2.86 bits per heavy atom. The molecule has 1 saturated heterocycles. The molecule has 108 valence electrons. The molecule has 21 heavy (non-hydrogen) atoms. The lowest BCUT2D eigenvalue weighted by Crippen LogP contribution is -2.31. The minimum atomic E-state index is -0.212. The Hall–Kier alpha value is -2.08. The van der Waals surface area contributed by atoms with Crippen LogP contribution in [0.5, 0.6) is 0 Å². The first-order valence-electron chi connectivity index (χ1n) is 7.03. The molecule has 0 atom stereocenters. The lowest BCUT2D eigenvalue weighted by atomic mass is 10.1. The summed E-state index contributed by atoms with van der Waals surface area (Å²) in [5.41, 5.74) is 2.21. The van der Waals surface area contributed by atoms with Crippen molar-refractivity contribution in [3.63, 3.8) is 0 Å². The highest BCUT2D eigenvalue weighted by molar-refractivity contribution is 7.17. The standard InChI is InChI=1S/C15H14N2O3S/c18-14-13-12(11(9-21-13)10-4-7-19-8-10)20-15(16-14)17-5-2-1-3-6-17/h4,7-9H,1-3,5-6H2. The fourth-order valence-corrected chi connectivity index (χ4v) is 3.57. The van der Waals surface area contributed by atoms with Crippen LogP contribution in [0.2, 0.25) is 0 Å². The SMILES string of the molecule is O=c1nc(N2CCCCC2)oc2c(-c3ccoc3)csc12. The molecule has 1 aliphatic heterocycles. The lowest BCUT2D eigenvalue weighted by molar-refractivity contribution is 0.497. The third-order valence-corrected chi connectivity index (χ3v) is 4.74. The summed E-state index contributed by atoms with van der Waals surface area (Å²) in [5.74, 6) is 0. The smallest absolute Gasteiger partial charge is 0.301 e. The predicted octanol–water partition coefficient (Wildman–Crippen LogP) is 3.50. The van der Waals surface area contributed by atoms with E-state index in [1.807, 2.05) is 11.4 Å². The van der Waals surface area contributed by atoms with Crippen molar-refractivity contribution in [3.05, 3.63) is 34.3 Å². The number of hydrogen-bond donors (Lipinski definition) is 0. The molecule has 3 aromatic heterocycles. The number of anilines is 1. The second kappa shape index (κ2) is 5.04. The Bertz CT molecular complexity index is 813. The zero-order valence-corrected chi connectivity index (χ0v) is 12.2. The maximum atomic E-state index is 12.2. The summed E-state index contributed by atoms with van der Waals surface area (Å²) in [6, 6.07) is 2.30. The predicted molar refractivity (Wildman–Crippen MR) is 81.9 cm³/mol. The lowest BCUT2D eigenvalue weighted by Gasteiger charge is -2.25. The second-order valence-corrected chi connectivity index (χ2v) is 6.05. The third kappa shape index (κ3) is 2.15. The Morgan fingerprint density at radius 1 is 1.24 bits per heavy atom. The molecule has 6 heteroatoms. The molecule has 4 heterocycles. The van der Waals surface area contributed by atoms with Crippen LogP contribution in [0.15, 0.2) is 37.6 Å². The van der Waals surface area contributed by atoms with Gasteiger partial charge in [0.25, 0.3) is 5.56 Å². The molecule has 5 nitrogen and oxygen atoms in total. The van der Waals surface area contributed by atoms with Crippen molar-refractivity contribution in [2.45, 2.75) is 19.3 Å². The summed E-state index contributed by atoms with van der Waals surface area (Å²) in [5, 5.41) is 1.92. The topological polar surface area (TPSA) is 59.5 Å². The Labute approximate surface area is 124 Å². The van der Waals surface area contributed by atoms with E-state index < -0.39 is 0 Å². The van der Waals surface area contributed by atoms with E-state index >= 15 is 0 Å². The molecule has 4 rings (SSSR count). The minimum absolute atomic E-state index is 0.212. The summed E-state index contributed by atoms with van der Waals surface area (Å²) in [6.45, 7) is 1.79. The Kier molecular flexibility index (Phi) is 3.03. The van der Waals surface area contributed by atoms with Crippen LogP contribution in [0.3, 0.4) is 0 Å². The maximum absolute atomic E-state index is 12.2. The number of aromatic nitrogens is 1. The zero-order chi connectivity index (χ0) is 14.2. The van der Waals surface area contributed by atoms with Gasteiger partial charge >= 0.3 is 6.01 Å². The van der Waals surface area contributed by atoms with E-state index in [2.05, 4.69) is 9.88 Å². The molecule has 0 aromatic carbocycles. The molecule has 1 aliphatic rings. The third-order valence-electron chi connectivity index (χ3n) is 3.79. The maximum Gasteiger partial charge on any atom is 0.301 e. The van der Waals surface area contributed by atoms with E-state index in [-0.39, 0.29) is 5.56 Å². The number of hydrogen-bond acceptors (Lipinski definition) is 6. The highest BCUT2D eigenvalue weighted by Crippen LogP contribution is 2.34. The van der Waals surface area contributed by atoms with Gasteiger partial charge in [-0.3, -0.25) is 4.79 Å². The van der Waals surface area contributed by atoms with Crippen LogP contribution >= 0.6 is 11.3 Å². The van der Waals surface area contributed by atoms with Crippen molar-refractivity contribution in [3.8, 4) is 11.1 Å². The molecule has 0 amide bonds. The summed E-state index contributed by atoms with van der Waals surface area (Å²) >= 11 is 1.37. The molecule has 0 spiro atoms. The van der Waals surface area contributed by atoms with E-state index in [1.165, 1.54) is 17.8 Å². The van der Waals surface area contributed by atoms with E-state index in [4.69, 9.17) is 8.83 Å². The normalized spacial score (nSPS) is 15.7. The van der Waals surface area contributed by atoms with Gasteiger partial charge in [0.1, 0.15) is 4.70 Å². The largest absolute Gasteiger partial charge is 0.472 e. The minimum Gasteiger partial charge on any atom is -0.472 e. The van der Waals surface area contributed by atoms with Crippen molar-refractivity contribution < 1.29 is 8.83 Å². The first-order chi connectivity index (χ1) is 10.3. The van der Waals surface area contributed by atoms with E-state index in [0.717, 1.165) is 37.1 Å². The molecule has 0 saturated carbocycles. The Balaban J connectivity index is 1.87. The van der Waals surface area contributed by atoms with Crippen LogP contribution in [0.25, 0.3) is 21.4 Å². The first kappa shape index (κ1) is 12.6. The van der Waals surface area contributed by atoms with Crippen molar-refractivity contribution in [1.82, 2.24) is 4.98 Å². The highest BCUT2D eigenvalue weighted by Gasteiger charge is 2.19. The molecular formula is C15H14N2O3S. The van der Waals surface area contributed by atoms with Gasteiger partial charge in [-0.05, 0) is 25.3 Å². The fourth-order valence-electron chi connectivity index (χ4n) is 2.69. The van der Waals surface area contributed by atoms with Gasteiger partial charge in [-0.25, -0.2) is 0 Å². The molecule has 0 unspecified atom stereocenters. The molecule has 0 N–H and O–H groups in total. The zero-order valence-electron chi connectivity index (χ0n) is 11.4. The van der Waals surface area contributed by atoms with Gasteiger partial charge in [0.05, 0.1) is 12.5 Å². The molecule has 0 radical (unpaired) electrons. The number of piperidine rings is 1. The fraction of sp³-hybridized carbons (Fsp3) is 0.333. The van der Waals surface area contributed by atoms with Gasteiger partial charge in [-0.15, -0.1) is 11.3 Å². The first-order valence-corrected chi connectivity index (χ1v) is 7.91. The summed E-state index contributed by atoms with van der Waals surface area (Å²) in [7, 11) is 0. The Morgan fingerprint density at radius 2 is 2.10 bits per heavy atom. The van der Waals surface area contributed by atoms with Crippen LogP contribution in [0, 0.1) is 0 Å². The van der Waals surface area contributed by atoms with Crippen molar-refractivity contribution >= 4 is 27.6 Å². The van der Waals surface area contributed by atoms with Crippen LogP contribution in [-0.2, 0) is 0 Å². The van der Waals surface area contributed by atoms with Gasteiger partial charge < -0.3 is 13.7 Å². The highest BCUT2D eigenvalue weighted by atomic mass is 32.1. The van der Waals surface area contributed by atoms with Gasteiger partial charge in [0, 0.05) is 29.6 Å². The van der Waals surface area contributed by atoms with Gasteiger partial charge in [0.2, 0.25) is 0 Å². The molecule has 3 aromatic rings. The van der Waals surface area contributed by atoms with Gasteiger partial charge in [0.15, 0.2) is 5.58 Å². The number of fused-ring (bicyclic) bond motifs is 1. The summed E-state index contributed by atoms with van der Waals surface area (Å²) in [4.78, 5) is 18.4. The van der Waals surface area contributed by atoms with Crippen molar-refractivity contribution in [2.75, 3.05) is 18.0 Å². The molecule has 0 bridgehead atoms. The number of thiophene rings is 1. The van der Waals surface area contributed by atoms with Crippen molar-refractivity contribution in [1.29, 1.82) is 0 Å². The monoisotopic (exact) mass is 302 g/mol. The molecule has 1 fully saturated rings. The van der Waals surface area contributed by atoms with Crippen LogP contribution in [0.1, 0.15) is 19.3 Å². The number of nitrogens with zero attached hydrogens (tertiary/aromatic N) is 2. The van der Waals surface area contributed by atoms with E-state index in [9.17, 15) is 4.79 Å². The summed E-state index contributed by atoms with van der Waals surface area (Å²) < 4.78 is 11.6. The average Bonchev–Trinajstić information content (AvgIpc) is 3.16. The molecular weight excluding hydrogens is 288 g/mol. The quantitative estimate of drug-likeness (QED) is 0.725. The van der Waals surface area contributed by atoms with Crippen molar-refractivity contribution in [2.24, 2.45) is 0 Å². The molecule has 0 aliphatic carbocycles. The second-order valence-electron chi connectivity index (χ2n) is 5.17. The number of furan rings is 1. The number of rotatable bonds is 2. The van der Waals surface area contributed by atoms with E-state index in [1.54, 1.807) is 12.5 Å². The van der Waals surface area contributed by atoms with E-state index in [0.29, 0.717) is 16.3 Å². The van der Waals surface area contributed by atoms with Crippen LogP contribution in [-0.4, -0.2) is 18.1 Å². The summed E-state index contributed by atoms with van der Waals surface area (Å²) in [6.07, 6.45) is 6.72. The van der Waals surface area contributed by atoms with Crippen LogP contribution < -0.4 is 10.5 Å². The van der Waals surface area contributed by atoms with Gasteiger partial charge in [-0.1, -0.05) is 0 Å². The van der Waals surface area contributed by atoms with Gasteiger partial charge in [-0.2, -0.15) is 4.98 Å². The van der Waals surface area contributed by atoms with Crippen LogP contribution in [0.4, 0.5) is 6.01 Å².